The zero-order valence-electron chi connectivity index (χ0n) is 13.7. The van der Waals surface area contributed by atoms with Crippen molar-refractivity contribution in [2.45, 2.75) is 51.6 Å². The Balaban J connectivity index is 0.00000242. The second kappa shape index (κ2) is 9.16. The lowest BCUT2D eigenvalue weighted by Crippen LogP contribution is -2.45. The molecule has 0 spiro atoms. The maximum atomic E-state index is 11.9. The Morgan fingerprint density at radius 1 is 1.18 bits per heavy atom. The molecular formula is C18H28ClNO2. The minimum absolute atomic E-state index is 0. The third-order valence-corrected chi connectivity index (χ3v) is 4.39. The van der Waals surface area contributed by atoms with Gasteiger partial charge in [-0.05, 0) is 18.5 Å². The van der Waals surface area contributed by atoms with Crippen molar-refractivity contribution in [1.82, 2.24) is 4.90 Å². The van der Waals surface area contributed by atoms with Gasteiger partial charge < -0.3 is 9.64 Å². The van der Waals surface area contributed by atoms with Crippen molar-refractivity contribution in [3.8, 4) is 0 Å². The van der Waals surface area contributed by atoms with Gasteiger partial charge in [0.2, 0.25) is 0 Å². The fourth-order valence-corrected chi connectivity index (χ4v) is 3.00. The van der Waals surface area contributed by atoms with Gasteiger partial charge in [-0.2, -0.15) is 0 Å². The van der Waals surface area contributed by atoms with Gasteiger partial charge in [0, 0.05) is 32.4 Å². The van der Waals surface area contributed by atoms with Crippen molar-refractivity contribution in [2.75, 3.05) is 19.6 Å². The molecule has 2 rings (SSSR count). The summed E-state index contributed by atoms with van der Waals surface area (Å²) in [5.41, 5.74) is 0.721. The number of halogens is 1. The molecule has 1 heterocycles. The van der Waals surface area contributed by atoms with E-state index in [1.54, 1.807) is 0 Å². The number of hydrogen-bond donors (Lipinski definition) is 0. The van der Waals surface area contributed by atoms with E-state index in [1.165, 1.54) is 12.8 Å². The molecule has 1 saturated heterocycles. The van der Waals surface area contributed by atoms with E-state index in [1.807, 2.05) is 25.1 Å². The average molecular weight is 326 g/mol. The number of piperidine rings is 1. The van der Waals surface area contributed by atoms with Crippen LogP contribution in [0, 0.1) is 0 Å². The summed E-state index contributed by atoms with van der Waals surface area (Å²) < 4.78 is 5.90. The van der Waals surface area contributed by atoms with Crippen molar-refractivity contribution in [2.24, 2.45) is 0 Å². The monoisotopic (exact) mass is 325 g/mol. The Morgan fingerprint density at radius 2 is 1.82 bits per heavy atom. The molecule has 0 bridgehead atoms. The van der Waals surface area contributed by atoms with Crippen LogP contribution in [0.2, 0.25) is 0 Å². The Labute approximate surface area is 140 Å². The van der Waals surface area contributed by atoms with E-state index in [0.717, 1.165) is 38.0 Å². The molecule has 0 saturated carbocycles. The van der Waals surface area contributed by atoms with Crippen LogP contribution in [0.3, 0.4) is 0 Å². The first-order valence-corrected chi connectivity index (χ1v) is 8.20. The van der Waals surface area contributed by atoms with Crippen LogP contribution >= 0.6 is 12.4 Å². The number of ether oxygens (including phenoxy) is 1. The zero-order chi connectivity index (χ0) is 15.1. The number of hydrogen-bond acceptors (Lipinski definition) is 3. The Hall–Kier alpha value is -1.06. The van der Waals surface area contributed by atoms with Gasteiger partial charge in [-0.15, -0.1) is 12.4 Å². The van der Waals surface area contributed by atoms with Gasteiger partial charge in [-0.3, -0.25) is 4.79 Å². The number of carbonyl (C=O) groups is 1. The lowest BCUT2D eigenvalue weighted by Gasteiger charge is -2.41. The van der Waals surface area contributed by atoms with Gasteiger partial charge in [0.1, 0.15) is 5.60 Å². The van der Waals surface area contributed by atoms with Gasteiger partial charge in [0.05, 0.1) is 0 Å². The summed E-state index contributed by atoms with van der Waals surface area (Å²) >= 11 is 0. The second-order valence-corrected chi connectivity index (χ2v) is 5.88. The van der Waals surface area contributed by atoms with Gasteiger partial charge in [-0.1, -0.05) is 50.6 Å². The molecule has 1 aliphatic rings. The molecule has 0 aliphatic carbocycles. The van der Waals surface area contributed by atoms with E-state index in [4.69, 9.17) is 4.74 Å². The number of carbonyl (C=O) groups excluding carboxylic acids is 1. The predicted molar refractivity (Wildman–Crippen MR) is 92.3 cm³/mol. The summed E-state index contributed by atoms with van der Waals surface area (Å²) in [5, 5.41) is 0. The summed E-state index contributed by atoms with van der Waals surface area (Å²) in [7, 11) is 0. The molecule has 4 heteroatoms. The predicted octanol–water partition coefficient (Wildman–Crippen LogP) is 4.15. The smallest absolute Gasteiger partial charge is 0.306 e. The minimum atomic E-state index is -0.420. The molecule has 1 aromatic carbocycles. The number of likely N-dealkylation sites (tertiary alicyclic amines) is 1. The number of unbranched alkanes of at least 4 members (excludes halogenated alkanes) is 1. The first-order valence-electron chi connectivity index (χ1n) is 8.20. The molecule has 0 atom stereocenters. The maximum Gasteiger partial charge on any atom is 0.306 e. The highest BCUT2D eigenvalue weighted by Crippen LogP contribution is 2.37. The molecule has 0 radical (unpaired) electrons. The van der Waals surface area contributed by atoms with Crippen molar-refractivity contribution in [3.05, 3.63) is 35.9 Å². The molecule has 0 unspecified atom stereocenters. The minimum Gasteiger partial charge on any atom is -0.454 e. The molecule has 124 valence electrons. The van der Waals surface area contributed by atoms with Crippen LogP contribution in [0.25, 0.3) is 0 Å². The SMILES string of the molecule is CCCCN1CCC(OC(=O)CC)(c2ccccc2)CC1.Cl. The number of benzene rings is 1. The number of rotatable bonds is 6. The van der Waals surface area contributed by atoms with Crippen molar-refractivity contribution >= 4 is 18.4 Å². The van der Waals surface area contributed by atoms with Crippen LogP contribution in [0.1, 0.15) is 51.5 Å². The Bertz CT molecular complexity index is 442. The molecule has 0 aromatic heterocycles. The van der Waals surface area contributed by atoms with E-state index < -0.39 is 5.60 Å². The van der Waals surface area contributed by atoms with Crippen LogP contribution in [0.4, 0.5) is 0 Å². The van der Waals surface area contributed by atoms with Gasteiger partial charge in [-0.25, -0.2) is 0 Å². The maximum absolute atomic E-state index is 11.9. The van der Waals surface area contributed by atoms with Crippen molar-refractivity contribution in [3.63, 3.8) is 0 Å². The second-order valence-electron chi connectivity index (χ2n) is 5.88. The molecule has 1 aliphatic heterocycles. The van der Waals surface area contributed by atoms with Gasteiger partial charge in [0.15, 0.2) is 0 Å². The van der Waals surface area contributed by atoms with Crippen LogP contribution in [0.15, 0.2) is 30.3 Å². The molecule has 1 fully saturated rings. The highest BCUT2D eigenvalue weighted by molar-refractivity contribution is 5.85. The molecule has 1 aromatic rings. The Morgan fingerprint density at radius 3 is 2.36 bits per heavy atom. The summed E-state index contributed by atoms with van der Waals surface area (Å²) in [4.78, 5) is 14.4. The largest absolute Gasteiger partial charge is 0.454 e. The van der Waals surface area contributed by atoms with E-state index >= 15 is 0 Å². The summed E-state index contributed by atoms with van der Waals surface area (Å²) in [6.07, 6.45) is 4.70. The van der Waals surface area contributed by atoms with Crippen LogP contribution in [-0.2, 0) is 15.1 Å². The van der Waals surface area contributed by atoms with E-state index in [2.05, 4.69) is 24.0 Å². The molecular weight excluding hydrogens is 298 g/mol. The standard InChI is InChI=1S/C18H27NO2.ClH/c1-3-5-13-19-14-11-18(12-15-19,21-17(20)4-2)16-9-7-6-8-10-16;/h6-10H,3-5,11-15H2,1-2H3;1H. The van der Waals surface area contributed by atoms with Crippen LogP contribution in [0.5, 0.6) is 0 Å². The lowest BCUT2D eigenvalue weighted by molar-refractivity contribution is -0.166. The van der Waals surface area contributed by atoms with Crippen LogP contribution < -0.4 is 0 Å². The number of nitrogens with zero attached hydrogens (tertiary/aromatic N) is 1. The Kier molecular flexibility index (Phi) is 7.91. The molecule has 0 N–H and O–H groups in total. The summed E-state index contributed by atoms with van der Waals surface area (Å²) in [6.45, 7) is 7.25. The van der Waals surface area contributed by atoms with Crippen molar-refractivity contribution in [1.29, 1.82) is 0 Å². The normalized spacial score (nSPS) is 17.5. The fraction of sp³-hybridized carbons (Fsp3) is 0.611. The van der Waals surface area contributed by atoms with Gasteiger partial charge in [0.25, 0.3) is 0 Å². The van der Waals surface area contributed by atoms with E-state index in [-0.39, 0.29) is 18.4 Å². The highest BCUT2D eigenvalue weighted by Gasteiger charge is 2.39. The van der Waals surface area contributed by atoms with Crippen LogP contribution in [-0.4, -0.2) is 30.5 Å². The number of esters is 1. The molecule has 22 heavy (non-hydrogen) atoms. The van der Waals surface area contributed by atoms with Gasteiger partial charge >= 0.3 is 5.97 Å². The van der Waals surface area contributed by atoms with E-state index in [9.17, 15) is 4.79 Å². The summed E-state index contributed by atoms with van der Waals surface area (Å²) in [6, 6.07) is 10.2. The average Bonchev–Trinajstić information content (AvgIpc) is 2.55. The highest BCUT2D eigenvalue weighted by atomic mass is 35.5. The fourth-order valence-electron chi connectivity index (χ4n) is 3.00. The molecule has 3 nitrogen and oxygen atoms in total. The first kappa shape index (κ1) is 19.0. The third kappa shape index (κ3) is 4.72. The van der Waals surface area contributed by atoms with E-state index in [0.29, 0.717) is 6.42 Å². The first-order chi connectivity index (χ1) is 10.2. The quantitative estimate of drug-likeness (QED) is 0.736. The summed E-state index contributed by atoms with van der Waals surface area (Å²) in [5.74, 6) is -0.0964. The molecule has 0 amide bonds. The van der Waals surface area contributed by atoms with Crippen molar-refractivity contribution < 1.29 is 9.53 Å². The lowest BCUT2D eigenvalue weighted by atomic mass is 9.84. The topological polar surface area (TPSA) is 29.5 Å². The zero-order valence-corrected chi connectivity index (χ0v) is 14.5. The third-order valence-electron chi connectivity index (χ3n) is 4.39.